The van der Waals surface area contributed by atoms with Crippen LogP contribution in [0.2, 0.25) is 0 Å². The van der Waals surface area contributed by atoms with E-state index in [4.69, 9.17) is 0 Å². The number of hydrogen-bond acceptors (Lipinski definition) is 3. The van der Waals surface area contributed by atoms with E-state index < -0.39 is 0 Å². The van der Waals surface area contributed by atoms with E-state index in [9.17, 15) is 14.4 Å². The monoisotopic (exact) mass is 357 g/mol. The molecule has 0 radical (unpaired) electrons. The van der Waals surface area contributed by atoms with Gasteiger partial charge in [0.15, 0.2) is 0 Å². The summed E-state index contributed by atoms with van der Waals surface area (Å²) >= 11 is 0. The van der Waals surface area contributed by atoms with Crippen LogP contribution in [0.3, 0.4) is 0 Å². The van der Waals surface area contributed by atoms with E-state index in [-0.39, 0.29) is 11.8 Å². The summed E-state index contributed by atoms with van der Waals surface area (Å²) in [5.74, 6) is 0.0223. The van der Waals surface area contributed by atoms with Gasteiger partial charge in [0.05, 0.1) is 0 Å². The molecule has 2 saturated heterocycles. The van der Waals surface area contributed by atoms with Gasteiger partial charge in [0.2, 0.25) is 6.41 Å². The lowest BCUT2D eigenvalue weighted by atomic mass is 9.98. The number of carbonyl (C=O) groups excluding carboxylic acids is 3. The van der Waals surface area contributed by atoms with Gasteiger partial charge in [0.1, 0.15) is 0 Å². The molecule has 6 nitrogen and oxygen atoms in total. The summed E-state index contributed by atoms with van der Waals surface area (Å²) in [6.07, 6.45) is 5.13. The Kier molecular flexibility index (Phi) is 5.91. The quantitative estimate of drug-likeness (QED) is 0.775. The van der Waals surface area contributed by atoms with Gasteiger partial charge in [-0.1, -0.05) is 6.92 Å². The molecule has 0 spiro atoms. The van der Waals surface area contributed by atoms with E-state index >= 15 is 0 Å². The lowest BCUT2D eigenvalue weighted by molar-refractivity contribution is -0.119. The van der Waals surface area contributed by atoms with Crippen molar-refractivity contribution in [2.45, 2.75) is 38.6 Å². The molecule has 0 aliphatic carbocycles. The Bertz CT molecular complexity index is 651. The van der Waals surface area contributed by atoms with Crippen molar-refractivity contribution in [2.24, 2.45) is 0 Å². The van der Waals surface area contributed by atoms with Crippen LogP contribution < -0.4 is 0 Å². The molecule has 26 heavy (non-hydrogen) atoms. The van der Waals surface area contributed by atoms with Crippen LogP contribution in [-0.4, -0.2) is 71.7 Å². The summed E-state index contributed by atoms with van der Waals surface area (Å²) in [6.45, 7) is 5.17. The zero-order valence-electron chi connectivity index (χ0n) is 15.4. The zero-order valence-corrected chi connectivity index (χ0v) is 15.4. The lowest BCUT2D eigenvalue weighted by Crippen LogP contribution is -2.48. The summed E-state index contributed by atoms with van der Waals surface area (Å²) < 4.78 is 0. The van der Waals surface area contributed by atoms with Gasteiger partial charge in [-0.2, -0.15) is 0 Å². The van der Waals surface area contributed by atoms with Gasteiger partial charge in [0.25, 0.3) is 11.8 Å². The fourth-order valence-corrected chi connectivity index (χ4v) is 3.83. The van der Waals surface area contributed by atoms with Crippen molar-refractivity contribution in [1.29, 1.82) is 0 Å². The Hall–Kier alpha value is -2.37. The summed E-state index contributed by atoms with van der Waals surface area (Å²) in [4.78, 5) is 41.6. The molecule has 3 rings (SSSR count). The Labute approximate surface area is 154 Å². The van der Waals surface area contributed by atoms with Crippen molar-refractivity contribution in [2.75, 3.05) is 32.7 Å². The van der Waals surface area contributed by atoms with Crippen LogP contribution in [0.1, 0.15) is 53.3 Å². The molecule has 140 valence electrons. The van der Waals surface area contributed by atoms with Crippen LogP contribution in [-0.2, 0) is 4.79 Å². The molecule has 2 aliphatic rings. The number of piperidine rings is 1. The van der Waals surface area contributed by atoms with Gasteiger partial charge in [-0.25, -0.2) is 0 Å². The van der Waals surface area contributed by atoms with E-state index in [1.54, 1.807) is 34.1 Å². The van der Waals surface area contributed by atoms with Crippen molar-refractivity contribution in [3.05, 3.63) is 35.4 Å². The SMILES string of the molecule is CCC1CCCCN1C(=O)c1ccc(C(=O)N2CCN(C=O)CC2)cc1. The first-order valence-electron chi connectivity index (χ1n) is 9.53. The van der Waals surface area contributed by atoms with Gasteiger partial charge in [0, 0.05) is 49.9 Å². The van der Waals surface area contributed by atoms with Crippen LogP contribution in [0.5, 0.6) is 0 Å². The van der Waals surface area contributed by atoms with Gasteiger partial charge in [-0.3, -0.25) is 14.4 Å². The fraction of sp³-hybridized carbons (Fsp3) is 0.550. The van der Waals surface area contributed by atoms with Crippen LogP contribution in [0.25, 0.3) is 0 Å². The summed E-state index contributed by atoms with van der Waals surface area (Å²) in [7, 11) is 0. The number of rotatable bonds is 4. The molecule has 0 N–H and O–H groups in total. The number of hydrogen-bond donors (Lipinski definition) is 0. The second-order valence-electron chi connectivity index (χ2n) is 7.07. The van der Waals surface area contributed by atoms with Crippen molar-refractivity contribution in [3.63, 3.8) is 0 Å². The first-order chi connectivity index (χ1) is 12.6. The summed E-state index contributed by atoms with van der Waals surface area (Å²) in [6, 6.07) is 7.34. The Balaban J connectivity index is 1.65. The normalized spacial score (nSPS) is 20.8. The van der Waals surface area contributed by atoms with Crippen molar-refractivity contribution in [1.82, 2.24) is 14.7 Å². The average molecular weight is 357 g/mol. The number of nitrogens with zero attached hydrogens (tertiary/aromatic N) is 3. The minimum absolute atomic E-state index is 0.0426. The maximum atomic E-state index is 12.8. The first kappa shape index (κ1) is 18.4. The third-order valence-electron chi connectivity index (χ3n) is 5.49. The van der Waals surface area contributed by atoms with E-state index in [0.717, 1.165) is 32.2 Å². The van der Waals surface area contributed by atoms with Crippen molar-refractivity contribution in [3.8, 4) is 0 Å². The highest BCUT2D eigenvalue weighted by atomic mass is 16.2. The van der Waals surface area contributed by atoms with Crippen molar-refractivity contribution < 1.29 is 14.4 Å². The van der Waals surface area contributed by atoms with Gasteiger partial charge in [-0.15, -0.1) is 0 Å². The van der Waals surface area contributed by atoms with Crippen LogP contribution in [0.15, 0.2) is 24.3 Å². The van der Waals surface area contributed by atoms with Crippen molar-refractivity contribution >= 4 is 18.2 Å². The largest absolute Gasteiger partial charge is 0.342 e. The first-order valence-corrected chi connectivity index (χ1v) is 9.53. The number of benzene rings is 1. The van der Waals surface area contributed by atoms with E-state index in [1.807, 2.05) is 4.90 Å². The third-order valence-corrected chi connectivity index (χ3v) is 5.49. The molecule has 0 saturated carbocycles. The molecular weight excluding hydrogens is 330 g/mol. The molecule has 1 unspecified atom stereocenters. The predicted molar refractivity (Wildman–Crippen MR) is 98.9 cm³/mol. The molecule has 1 atom stereocenters. The maximum Gasteiger partial charge on any atom is 0.254 e. The second kappa shape index (κ2) is 8.34. The minimum atomic E-state index is -0.0426. The van der Waals surface area contributed by atoms with E-state index in [1.165, 1.54) is 6.42 Å². The Morgan fingerprint density at radius 2 is 1.58 bits per heavy atom. The molecule has 3 amide bonds. The number of amides is 3. The molecule has 6 heteroatoms. The van der Waals surface area contributed by atoms with E-state index in [2.05, 4.69) is 6.92 Å². The Morgan fingerprint density at radius 1 is 0.962 bits per heavy atom. The molecule has 1 aromatic rings. The van der Waals surface area contributed by atoms with E-state index in [0.29, 0.717) is 43.3 Å². The third kappa shape index (κ3) is 3.89. The topological polar surface area (TPSA) is 60.9 Å². The molecule has 0 bridgehead atoms. The number of carbonyl (C=O) groups is 3. The molecule has 0 aromatic heterocycles. The number of likely N-dealkylation sites (tertiary alicyclic amines) is 1. The lowest BCUT2D eigenvalue weighted by Gasteiger charge is -2.35. The average Bonchev–Trinajstić information content (AvgIpc) is 2.73. The summed E-state index contributed by atoms with van der Waals surface area (Å²) in [5, 5.41) is 0. The second-order valence-corrected chi connectivity index (χ2v) is 7.07. The highest BCUT2D eigenvalue weighted by molar-refractivity contribution is 5.98. The minimum Gasteiger partial charge on any atom is -0.342 e. The number of piperazine rings is 1. The predicted octanol–water partition coefficient (Wildman–Crippen LogP) is 2.01. The Morgan fingerprint density at radius 3 is 2.15 bits per heavy atom. The fourth-order valence-electron chi connectivity index (χ4n) is 3.83. The van der Waals surface area contributed by atoms with Gasteiger partial charge < -0.3 is 14.7 Å². The smallest absolute Gasteiger partial charge is 0.254 e. The molecular formula is C20H27N3O3. The van der Waals surface area contributed by atoms with Crippen LogP contribution in [0, 0.1) is 0 Å². The summed E-state index contributed by atoms with van der Waals surface area (Å²) in [5.41, 5.74) is 1.24. The zero-order chi connectivity index (χ0) is 18.5. The maximum absolute atomic E-state index is 12.8. The van der Waals surface area contributed by atoms with Crippen LogP contribution in [0.4, 0.5) is 0 Å². The molecule has 2 fully saturated rings. The molecule has 2 aliphatic heterocycles. The van der Waals surface area contributed by atoms with Gasteiger partial charge >= 0.3 is 0 Å². The van der Waals surface area contributed by atoms with Crippen LogP contribution >= 0.6 is 0 Å². The molecule has 2 heterocycles. The highest BCUT2D eigenvalue weighted by Crippen LogP contribution is 2.22. The highest BCUT2D eigenvalue weighted by Gasteiger charge is 2.26. The molecule has 1 aromatic carbocycles. The standard InChI is InChI=1S/C20H27N3O3/c1-2-18-5-3-4-10-23(18)20(26)17-8-6-16(7-9-17)19(25)22-13-11-21(15-24)12-14-22/h6-9,15,18H,2-5,10-14H2,1H3. The van der Waals surface area contributed by atoms with Gasteiger partial charge in [-0.05, 0) is 49.9 Å².